The lowest BCUT2D eigenvalue weighted by molar-refractivity contribution is -0.659. The molecule has 0 atom stereocenters. The van der Waals surface area contributed by atoms with Crippen molar-refractivity contribution in [2.45, 2.75) is 69.8 Å². The molecular formula is C58H34BF24NO3. The van der Waals surface area contributed by atoms with Gasteiger partial charge < -0.3 is 4.74 Å². The van der Waals surface area contributed by atoms with Crippen molar-refractivity contribution in [3.05, 3.63) is 225 Å². The lowest BCUT2D eigenvalue weighted by atomic mass is 9.12. The highest BCUT2D eigenvalue weighted by molar-refractivity contribution is 7.20. The lowest BCUT2D eigenvalue weighted by Gasteiger charge is -2.46. The SMILES string of the molecule is Cc1ccc(C)c(OC(=O)c2ccc3ccccc3[n+]2CC(=O)c2ccccc2)c1.FC(F)(F)c1cc([B-](c2cc(C(F)(F)F)cc(C(F)(F)F)c2)(c2cc(C(F)(F)F)cc(C(F)(F)F)c2)c2cc(C(F)(F)F)cc(C(F)(F)F)c2)cc(C(F)(F)F)c1. The molecule has 0 saturated heterocycles. The number of nitrogens with zero attached hydrogens (tertiary/aromatic N) is 1. The van der Waals surface area contributed by atoms with Crippen LogP contribution in [0.5, 0.6) is 5.75 Å². The first-order chi connectivity index (χ1) is 39.8. The number of para-hydroxylation sites is 1. The zero-order valence-corrected chi connectivity index (χ0v) is 43.5. The molecule has 0 fully saturated rings. The Morgan fingerprint density at radius 2 is 0.701 bits per heavy atom. The van der Waals surface area contributed by atoms with E-state index in [2.05, 4.69) is 0 Å². The van der Waals surface area contributed by atoms with Crippen molar-refractivity contribution >= 4 is 50.7 Å². The number of aromatic nitrogens is 1. The Labute approximate surface area is 474 Å². The lowest BCUT2D eigenvalue weighted by Crippen LogP contribution is -2.75. The van der Waals surface area contributed by atoms with Crippen LogP contribution >= 0.6 is 0 Å². The minimum absolute atomic E-state index is 0.0442. The summed E-state index contributed by atoms with van der Waals surface area (Å²) in [6.45, 7) is 3.89. The van der Waals surface area contributed by atoms with E-state index >= 15 is 0 Å². The van der Waals surface area contributed by atoms with Crippen LogP contribution in [0, 0.1) is 13.8 Å². The summed E-state index contributed by atoms with van der Waals surface area (Å²) >= 11 is 0. The van der Waals surface area contributed by atoms with Crippen LogP contribution < -0.4 is 31.2 Å². The zero-order valence-electron chi connectivity index (χ0n) is 43.5. The van der Waals surface area contributed by atoms with Gasteiger partial charge in [-0.25, -0.2) is 4.79 Å². The molecule has 0 bridgehead atoms. The number of carbonyl (C=O) groups excluding carboxylic acids is 2. The van der Waals surface area contributed by atoms with Gasteiger partial charge in [0.15, 0.2) is 0 Å². The molecule has 87 heavy (non-hydrogen) atoms. The van der Waals surface area contributed by atoms with E-state index in [4.69, 9.17) is 4.74 Å². The number of Topliss-reactive ketones (excluding diaryl/α,β-unsaturated/α-hetero) is 1. The highest BCUT2D eigenvalue weighted by atomic mass is 19.4. The smallest absolute Gasteiger partial charge is 0.416 e. The normalized spacial score (nSPS) is 13.1. The van der Waals surface area contributed by atoms with Gasteiger partial charge >= 0.3 is 55.4 Å². The van der Waals surface area contributed by atoms with E-state index in [1.54, 1.807) is 22.8 Å². The highest BCUT2D eigenvalue weighted by Crippen LogP contribution is 2.42. The molecule has 8 rings (SSSR count). The first-order valence-electron chi connectivity index (χ1n) is 24.4. The maximum absolute atomic E-state index is 14.2. The van der Waals surface area contributed by atoms with Gasteiger partial charge in [-0.3, -0.25) is 4.79 Å². The van der Waals surface area contributed by atoms with Gasteiger partial charge in [0.25, 0.3) is 5.69 Å². The third-order valence-corrected chi connectivity index (χ3v) is 13.5. The number of halogens is 24. The third kappa shape index (κ3) is 14.8. The van der Waals surface area contributed by atoms with Crippen molar-refractivity contribution in [1.82, 2.24) is 0 Å². The molecule has 0 saturated carbocycles. The molecule has 7 aromatic carbocycles. The molecule has 0 aliphatic rings. The molecule has 460 valence electrons. The van der Waals surface area contributed by atoms with Crippen LogP contribution in [-0.2, 0) is 56.0 Å². The molecule has 4 nitrogen and oxygen atoms in total. The molecule has 0 radical (unpaired) electrons. The third-order valence-electron chi connectivity index (χ3n) is 13.5. The predicted octanol–water partition coefficient (Wildman–Crippen LogP) is 16.1. The number of esters is 1. The van der Waals surface area contributed by atoms with Crippen molar-refractivity contribution in [3.8, 4) is 5.75 Å². The predicted molar refractivity (Wildman–Crippen MR) is 266 cm³/mol. The van der Waals surface area contributed by atoms with Gasteiger partial charge in [-0.1, -0.05) is 103 Å². The van der Waals surface area contributed by atoms with E-state index in [1.807, 2.05) is 80.6 Å². The van der Waals surface area contributed by atoms with Crippen LogP contribution in [0.1, 0.15) is 76.5 Å². The number of benzene rings is 7. The Morgan fingerprint density at radius 1 is 0.379 bits per heavy atom. The molecule has 0 amide bonds. The van der Waals surface area contributed by atoms with Crippen LogP contribution in [0.2, 0.25) is 0 Å². The maximum atomic E-state index is 14.2. The quantitative estimate of drug-likeness (QED) is 0.0361. The van der Waals surface area contributed by atoms with Crippen molar-refractivity contribution in [1.29, 1.82) is 0 Å². The molecule has 0 aliphatic heterocycles. The molecule has 8 aromatic rings. The Kier molecular flexibility index (Phi) is 17.7. The Bertz CT molecular complexity index is 3450. The van der Waals surface area contributed by atoms with Crippen molar-refractivity contribution in [3.63, 3.8) is 0 Å². The fraction of sp³-hybridized carbons (Fsp3) is 0.190. The number of rotatable bonds is 9. The second-order valence-electron chi connectivity index (χ2n) is 19.5. The minimum Gasteiger partial charge on any atom is -0.418 e. The summed E-state index contributed by atoms with van der Waals surface area (Å²) < 4.78 is 348. The molecule has 1 heterocycles. The fourth-order valence-corrected chi connectivity index (χ4v) is 9.51. The van der Waals surface area contributed by atoms with E-state index in [-0.39, 0.29) is 12.3 Å². The summed E-state index contributed by atoms with van der Waals surface area (Å²) in [5.41, 5.74) is -26.6. The van der Waals surface area contributed by atoms with E-state index in [1.165, 1.54) is 0 Å². The number of fused-ring (bicyclic) bond motifs is 1. The van der Waals surface area contributed by atoms with Gasteiger partial charge in [-0.15, -0.1) is 0 Å². The van der Waals surface area contributed by atoms with E-state index < -0.39 is 201 Å². The standard InChI is InChI=1S/C32H12BF24.C26H22NO3/c34-25(35,36)13-1-14(26(37,38)39)6-21(5-13)33(22-7-15(27(40,41)42)2-16(8-22)28(43,44)45,23-9-17(29(46,47)48)3-18(10-23)30(49,50)51)24-11-19(31(52,53)54)4-20(12-24)32(55,56)57;1-18-12-13-19(2)25(16-18)30-26(29)23-15-14-20-8-6-7-11-22(20)27(23)17-24(28)21-9-4-3-5-10-21/h1-12H;3-16H,17H2,1-2H3/q-1;+1. The van der Waals surface area contributed by atoms with Gasteiger partial charge in [-0.2, -0.15) is 132 Å². The minimum atomic E-state index is -6.13. The van der Waals surface area contributed by atoms with Crippen LogP contribution in [0.4, 0.5) is 105 Å². The van der Waals surface area contributed by atoms with Crippen molar-refractivity contribution in [2.75, 3.05) is 0 Å². The van der Waals surface area contributed by atoms with Gasteiger partial charge in [0.1, 0.15) is 11.9 Å². The fourth-order valence-electron chi connectivity index (χ4n) is 9.51. The summed E-state index contributed by atoms with van der Waals surface area (Å²) in [6.07, 6.45) is -54.8. The van der Waals surface area contributed by atoms with Crippen LogP contribution in [0.15, 0.2) is 158 Å². The van der Waals surface area contributed by atoms with Gasteiger partial charge in [0.2, 0.25) is 17.8 Å². The number of alkyl halides is 24. The van der Waals surface area contributed by atoms with Gasteiger partial charge in [0.05, 0.1) is 44.5 Å². The average Bonchev–Trinajstić information content (AvgIpc) is 0.715. The summed E-state index contributed by atoms with van der Waals surface area (Å²) in [7, 11) is 0. The molecule has 0 N–H and O–H groups in total. The number of hydrogen-bond donors (Lipinski definition) is 0. The van der Waals surface area contributed by atoms with Crippen LogP contribution in [0.25, 0.3) is 10.9 Å². The van der Waals surface area contributed by atoms with Crippen LogP contribution in [0.3, 0.4) is 0 Å². The van der Waals surface area contributed by atoms with Crippen molar-refractivity contribution < 1.29 is 124 Å². The Hall–Kier alpha value is -8.53. The number of pyridine rings is 1. The topological polar surface area (TPSA) is 47.2 Å². The summed E-state index contributed by atoms with van der Waals surface area (Å²) in [4.78, 5) is 26.0. The maximum Gasteiger partial charge on any atom is 0.416 e. The number of ether oxygens (including phenoxy) is 1. The van der Waals surface area contributed by atoms with E-state index in [0.29, 0.717) is 17.0 Å². The number of ketones is 1. The molecular weight excluding hydrogens is 1230 g/mol. The van der Waals surface area contributed by atoms with E-state index in [9.17, 15) is 115 Å². The first-order valence-corrected chi connectivity index (χ1v) is 24.4. The van der Waals surface area contributed by atoms with Crippen molar-refractivity contribution in [2.24, 2.45) is 0 Å². The molecule has 0 spiro atoms. The van der Waals surface area contributed by atoms with Gasteiger partial charge in [0, 0.05) is 23.1 Å². The second-order valence-corrected chi connectivity index (χ2v) is 19.5. The summed E-state index contributed by atoms with van der Waals surface area (Å²) in [5, 5.41) is 0.946. The van der Waals surface area contributed by atoms with Crippen LogP contribution in [-0.4, -0.2) is 17.9 Å². The highest BCUT2D eigenvalue weighted by Gasteiger charge is 2.47. The number of hydrogen-bond acceptors (Lipinski definition) is 3. The average molecular weight is 1260 g/mol. The molecule has 29 heteroatoms. The summed E-state index contributed by atoms with van der Waals surface area (Å²) in [5.74, 6) is -0.0397. The largest absolute Gasteiger partial charge is 0.418 e. The summed E-state index contributed by atoms with van der Waals surface area (Å²) in [6, 6.07) is 17.3. The molecule has 1 aromatic heterocycles. The first kappa shape index (κ1) is 66.0. The number of aryl methyl sites for hydroxylation is 2. The Balaban J connectivity index is 0.000000300. The second kappa shape index (κ2) is 23.3. The molecule has 0 aliphatic carbocycles. The zero-order chi connectivity index (χ0) is 65.0. The molecule has 0 unspecified atom stereocenters. The van der Waals surface area contributed by atoms with E-state index in [0.717, 1.165) is 22.0 Å². The number of carbonyl (C=O) groups is 2. The van der Waals surface area contributed by atoms with Gasteiger partial charge in [-0.05, 0) is 67.4 Å². The Morgan fingerprint density at radius 3 is 1.03 bits per heavy atom. The monoisotopic (exact) mass is 1260 g/mol.